The summed E-state index contributed by atoms with van der Waals surface area (Å²) in [6.07, 6.45) is -4.37. The molecule has 0 saturated heterocycles. The van der Waals surface area contributed by atoms with Crippen LogP contribution >= 0.6 is 0 Å². The maximum atomic E-state index is 12.0. The summed E-state index contributed by atoms with van der Waals surface area (Å²) in [6, 6.07) is 4.43. The van der Waals surface area contributed by atoms with Gasteiger partial charge in [0.2, 0.25) is 5.91 Å². The molecular formula is C12H12F3NO2. The fourth-order valence-corrected chi connectivity index (χ4v) is 1.81. The van der Waals surface area contributed by atoms with Crippen molar-refractivity contribution >= 4 is 11.6 Å². The summed E-state index contributed by atoms with van der Waals surface area (Å²) in [6.45, 7) is 2.08. The second kappa shape index (κ2) is 3.90. The normalized spacial score (nSPS) is 17.3. The lowest BCUT2D eigenvalue weighted by molar-refractivity contribution is -0.153. The van der Waals surface area contributed by atoms with Crippen LogP contribution in [0.5, 0.6) is 5.75 Å². The topological polar surface area (TPSA) is 38.3 Å². The number of carbonyl (C=O) groups is 1. The Morgan fingerprint density at radius 2 is 2.00 bits per heavy atom. The number of ether oxygens (including phenoxy) is 1. The van der Waals surface area contributed by atoms with Crippen LogP contribution in [0.4, 0.5) is 18.9 Å². The number of hydrogen-bond donors (Lipinski definition) is 1. The van der Waals surface area contributed by atoms with Crippen LogP contribution in [0.3, 0.4) is 0 Å². The highest BCUT2D eigenvalue weighted by atomic mass is 19.4. The molecule has 1 heterocycles. The van der Waals surface area contributed by atoms with Gasteiger partial charge in [-0.1, -0.05) is 0 Å². The molecule has 1 aromatic rings. The maximum absolute atomic E-state index is 12.0. The number of benzene rings is 1. The lowest BCUT2D eigenvalue weighted by atomic mass is 9.86. The Labute approximate surface area is 102 Å². The van der Waals surface area contributed by atoms with Crippen molar-refractivity contribution in [2.45, 2.75) is 25.4 Å². The van der Waals surface area contributed by atoms with Gasteiger partial charge in [0.25, 0.3) is 0 Å². The fourth-order valence-electron chi connectivity index (χ4n) is 1.81. The highest BCUT2D eigenvalue weighted by Gasteiger charge is 2.38. The van der Waals surface area contributed by atoms with Crippen molar-refractivity contribution in [3.05, 3.63) is 23.8 Å². The summed E-state index contributed by atoms with van der Waals surface area (Å²) in [5.41, 5.74) is 0.504. The van der Waals surface area contributed by atoms with Gasteiger partial charge in [-0.3, -0.25) is 4.79 Å². The van der Waals surface area contributed by atoms with Crippen LogP contribution in [0.15, 0.2) is 18.2 Å². The standard InChI is InChI=1S/C12H12F3NO2/c1-11(2)8-5-7(18-6-12(13,14)15)3-4-9(8)16-10(11)17/h3-5H,6H2,1-2H3,(H,16,17). The lowest BCUT2D eigenvalue weighted by Crippen LogP contribution is -2.26. The smallest absolute Gasteiger partial charge is 0.422 e. The van der Waals surface area contributed by atoms with E-state index in [1.54, 1.807) is 19.9 Å². The zero-order chi connectivity index (χ0) is 13.6. The van der Waals surface area contributed by atoms with E-state index in [2.05, 4.69) is 10.1 Å². The van der Waals surface area contributed by atoms with Crippen molar-refractivity contribution in [3.63, 3.8) is 0 Å². The number of rotatable bonds is 2. The third kappa shape index (κ3) is 2.27. The molecule has 1 amide bonds. The number of fused-ring (bicyclic) bond motifs is 1. The Hall–Kier alpha value is -1.72. The number of halogens is 3. The number of amides is 1. The fraction of sp³-hybridized carbons (Fsp3) is 0.417. The van der Waals surface area contributed by atoms with Gasteiger partial charge in [0, 0.05) is 5.69 Å². The van der Waals surface area contributed by atoms with E-state index >= 15 is 0 Å². The molecule has 1 aliphatic rings. The van der Waals surface area contributed by atoms with E-state index in [1.807, 2.05) is 0 Å². The van der Waals surface area contributed by atoms with Crippen LogP contribution in [0, 0.1) is 0 Å². The Kier molecular flexibility index (Phi) is 2.76. The second-order valence-electron chi connectivity index (χ2n) is 4.69. The Morgan fingerprint density at radius 1 is 1.33 bits per heavy atom. The molecule has 0 atom stereocenters. The predicted octanol–water partition coefficient (Wildman–Crippen LogP) is 2.86. The minimum absolute atomic E-state index is 0.107. The van der Waals surface area contributed by atoms with E-state index in [4.69, 9.17) is 0 Å². The molecule has 6 heteroatoms. The number of alkyl halides is 3. The van der Waals surface area contributed by atoms with Gasteiger partial charge in [0.15, 0.2) is 6.61 Å². The summed E-state index contributed by atoms with van der Waals surface area (Å²) in [5.74, 6) is -0.0684. The molecule has 0 bridgehead atoms. The molecular weight excluding hydrogens is 247 g/mol. The summed E-state index contributed by atoms with van der Waals surface area (Å²) in [5, 5.41) is 2.67. The first-order valence-corrected chi connectivity index (χ1v) is 5.36. The molecule has 0 aliphatic carbocycles. The van der Waals surface area contributed by atoms with Crippen molar-refractivity contribution in [2.75, 3.05) is 11.9 Å². The molecule has 2 rings (SSSR count). The first kappa shape index (κ1) is 12.7. The summed E-state index contributed by atoms with van der Waals surface area (Å²) in [4.78, 5) is 11.6. The van der Waals surface area contributed by atoms with Gasteiger partial charge < -0.3 is 10.1 Å². The predicted molar refractivity (Wildman–Crippen MR) is 59.6 cm³/mol. The van der Waals surface area contributed by atoms with E-state index in [9.17, 15) is 18.0 Å². The van der Waals surface area contributed by atoms with E-state index in [-0.39, 0.29) is 11.7 Å². The molecule has 0 unspecified atom stereocenters. The summed E-state index contributed by atoms with van der Waals surface area (Å²) in [7, 11) is 0. The molecule has 1 N–H and O–H groups in total. The molecule has 18 heavy (non-hydrogen) atoms. The second-order valence-corrected chi connectivity index (χ2v) is 4.69. The van der Waals surface area contributed by atoms with Crippen molar-refractivity contribution in [1.29, 1.82) is 0 Å². The zero-order valence-corrected chi connectivity index (χ0v) is 9.89. The largest absolute Gasteiger partial charge is 0.484 e. The lowest BCUT2D eigenvalue weighted by Gasteiger charge is -2.16. The molecule has 98 valence electrons. The van der Waals surface area contributed by atoms with Gasteiger partial charge in [-0.25, -0.2) is 0 Å². The van der Waals surface area contributed by atoms with Crippen molar-refractivity contribution < 1.29 is 22.7 Å². The quantitative estimate of drug-likeness (QED) is 0.886. The highest BCUT2D eigenvalue weighted by Crippen LogP contribution is 2.39. The van der Waals surface area contributed by atoms with Crippen LogP contribution < -0.4 is 10.1 Å². The van der Waals surface area contributed by atoms with Crippen molar-refractivity contribution in [1.82, 2.24) is 0 Å². The van der Waals surface area contributed by atoms with Crippen LogP contribution in [0.1, 0.15) is 19.4 Å². The van der Waals surface area contributed by atoms with Crippen LogP contribution in [-0.2, 0) is 10.2 Å². The third-order valence-corrected chi connectivity index (χ3v) is 2.88. The van der Waals surface area contributed by atoms with Crippen LogP contribution in [0.2, 0.25) is 0 Å². The monoisotopic (exact) mass is 259 g/mol. The van der Waals surface area contributed by atoms with Crippen LogP contribution in [-0.4, -0.2) is 18.7 Å². The van der Waals surface area contributed by atoms with E-state index in [1.165, 1.54) is 12.1 Å². The molecule has 1 aromatic carbocycles. The molecule has 0 saturated carbocycles. The average Bonchev–Trinajstić information content (AvgIpc) is 2.47. The SMILES string of the molecule is CC1(C)C(=O)Nc2ccc(OCC(F)(F)F)cc21. The van der Waals surface area contributed by atoms with Gasteiger partial charge in [0.1, 0.15) is 5.75 Å². The number of anilines is 1. The third-order valence-electron chi connectivity index (χ3n) is 2.88. The molecule has 3 nitrogen and oxygen atoms in total. The Bertz CT molecular complexity index is 495. The highest BCUT2D eigenvalue weighted by molar-refractivity contribution is 6.05. The zero-order valence-electron chi connectivity index (χ0n) is 9.89. The van der Waals surface area contributed by atoms with Gasteiger partial charge in [-0.2, -0.15) is 13.2 Å². The van der Waals surface area contributed by atoms with Gasteiger partial charge in [0.05, 0.1) is 5.41 Å². The van der Waals surface area contributed by atoms with E-state index in [0.29, 0.717) is 11.3 Å². The van der Waals surface area contributed by atoms with E-state index < -0.39 is 18.2 Å². The average molecular weight is 259 g/mol. The van der Waals surface area contributed by atoms with Gasteiger partial charge in [-0.15, -0.1) is 0 Å². The first-order chi connectivity index (χ1) is 8.20. The molecule has 0 spiro atoms. The number of hydrogen-bond acceptors (Lipinski definition) is 2. The van der Waals surface area contributed by atoms with Crippen molar-refractivity contribution in [2.24, 2.45) is 0 Å². The minimum atomic E-state index is -4.37. The van der Waals surface area contributed by atoms with Crippen LogP contribution in [0.25, 0.3) is 0 Å². The number of carbonyl (C=O) groups excluding carboxylic acids is 1. The Morgan fingerprint density at radius 3 is 2.61 bits per heavy atom. The van der Waals surface area contributed by atoms with Crippen molar-refractivity contribution in [3.8, 4) is 5.75 Å². The Balaban J connectivity index is 2.24. The summed E-state index contributed by atoms with van der Waals surface area (Å²) < 4.78 is 40.8. The van der Waals surface area contributed by atoms with Gasteiger partial charge >= 0.3 is 6.18 Å². The van der Waals surface area contributed by atoms with E-state index in [0.717, 1.165) is 0 Å². The molecule has 0 radical (unpaired) electrons. The molecule has 0 aromatic heterocycles. The maximum Gasteiger partial charge on any atom is 0.422 e. The van der Waals surface area contributed by atoms with Gasteiger partial charge in [-0.05, 0) is 37.6 Å². The molecule has 1 aliphatic heterocycles. The minimum Gasteiger partial charge on any atom is -0.484 e. The number of nitrogens with one attached hydrogen (secondary N) is 1. The first-order valence-electron chi connectivity index (χ1n) is 5.36. The molecule has 0 fully saturated rings. The summed E-state index contributed by atoms with van der Waals surface area (Å²) >= 11 is 0.